The Morgan fingerprint density at radius 2 is 1.90 bits per heavy atom. The normalized spacial score (nSPS) is 19.8. The predicted molar refractivity (Wildman–Crippen MR) is 68.4 cm³/mol. The molecule has 0 spiro atoms. The van der Waals surface area contributed by atoms with Crippen molar-refractivity contribution in [3.8, 4) is 0 Å². The Morgan fingerprint density at radius 1 is 1.25 bits per heavy atom. The third-order valence-corrected chi connectivity index (χ3v) is 3.50. The monoisotopic (exact) mass is 287 g/mol. The number of nitrogens with zero attached hydrogens (tertiary/aromatic N) is 1. The van der Waals surface area contributed by atoms with Crippen LogP contribution in [0.25, 0.3) is 0 Å². The van der Waals surface area contributed by atoms with Crippen LogP contribution in [-0.4, -0.2) is 25.7 Å². The summed E-state index contributed by atoms with van der Waals surface area (Å²) in [7, 11) is 1.32. The summed E-state index contributed by atoms with van der Waals surface area (Å²) >= 11 is 0. The van der Waals surface area contributed by atoms with E-state index in [1.165, 1.54) is 19.2 Å². The molecule has 0 aromatic heterocycles. The van der Waals surface area contributed by atoms with E-state index in [2.05, 4.69) is 0 Å². The predicted octanol–water partition coefficient (Wildman–Crippen LogP) is 3.24. The number of piperidine rings is 1. The molecule has 20 heavy (non-hydrogen) atoms. The number of carbonyl (C=O) groups excluding carboxylic acids is 1. The molecule has 1 atom stereocenters. The van der Waals surface area contributed by atoms with E-state index in [0.717, 1.165) is 25.0 Å². The van der Waals surface area contributed by atoms with Gasteiger partial charge in [-0.15, -0.1) is 0 Å². The van der Waals surface area contributed by atoms with E-state index < -0.39 is 17.8 Å². The molecule has 0 saturated carbocycles. The molecule has 6 heteroatoms. The van der Waals surface area contributed by atoms with Gasteiger partial charge in [-0.25, -0.2) is 4.79 Å². The molecular formula is C14H16F3NO2. The largest absolute Gasteiger partial charge is 0.467 e. The summed E-state index contributed by atoms with van der Waals surface area (Å²) in [5, 5.41) is 0. The lowest BCUT2D eigenvalue weighted by molar-refractivity contribution is -0.142. The summed E-state index contributed by atoms with van der Waals surface area (Å²) < 4.78 is 42.4. The molecule has 0 aliphatic carbocycles. The van der Waals surface area contributed by atoms with Gasteiger partial charge in [0.15, 0.2) is 0 Å². The minimum atomic E-state index is -4.35. The minimum Gasteiger partial charge on any atom is -0.467 e. The van der Waals surface area contributed by atoms with Crippen LogP contribution in [0.5, 0.6) is 0 Å². The van der Waals surface area contributed by atoms with Crippen LogP contribution in [0.1, 0.15) is 24.8 Å². The average molecular weight is 287 g/mol. The van der Waals surface area contributed by atoms with E-state index in [-0.39, 0.29) is 5.97 Å². The lowest BCUT2D eigenvalue weighted by atomic mass is 10.0. The van der Waals surface area contributed by atoms with Crippen LogP contribution in [0.2, 0.25) is 0 Å². The second-order valence-corrected chi connectivity index (χ2v) is 4.77. The zero-order chi connectivity index (χ0) is 14.8. The van der Waals surface area contributed by atoms with Crippen LogP contribution in [0.15, 0.2) is 24.3 Å². The molecule has 2 rings (SSSR count). The quantitative estimate of drug-likeness (QED) is 0.782. The Hall–Kier alpha value is -1.72. The number of hydrogen-bond acceptors (Lipinski definition) is 3. The molecule has 1 aliphatic rings. The van der Waals surface area contributed by atoms with E-state index in [9.17, 15) is 18.0 Å². The van der Waals surface area contributed by atoms with Gasteiger partial charge >= 0.3 is 12.1 Å². The third-order valence-electron chi connectivity index (χ3n) is 3.50. The first kappa shape index (κ1) is 14.7. The number of rotatable bonds is 2. The lowest BCUT2D eigenvalue weighted by Crippen LogP contribution is -2.45. The van der Waals surface area contributed by atoms with Crippen molar-refractivity contribution in [2.24, 2.45) is 0 Å². The Bertz CT molecular complexity index is 470. The van der Waals surface area contributed by atoms with Crippen LogP contribution in [-0.2, 0) is 15.7 Å². The van der Waals surface area contributed by atoms with Crippen molar-refractivity contribution >= 4 is 11.7 Å². The van der Waals surface area contributed by atoms with Gasteiger partial charge in [-0.3, -0.25) is 0 Å². The van der Waals surface area contributed by atoms with Crippen LogP contribution < -0.4 is 4.90 Å². The molecule has 1 aromatic rings. The molecule has 0 amide bonds. The molecule has 1 heterocycles. The first-order valence-corrected chi connectivity index (χ1v) is 6.45. The standard InChI is InChI=1S/C14H16F3NO2/c1-20-13(19)12-4-2-3-9-18(12)11-7-5-10(6-8-11)14(15,16)17/h5-8,12H,2-4,9H2,1H3. The summed E-state index contributed by atoms with van der Waals surface area (Å²) in [4.78, 5) is 13.5. The summed E-state index contributed by atoms with van der Waals surface area (Å²) in [6, 6.07) is 4.48. The van der Waals surface area contributed by atoms with E-state index in [1.54, 1.807) is 0 Å². The van der Waals surface area contributed by atoms with E-state index in [4.69, 9.17) is 4.74 Å². The second-order valence-electron chi connectivity index (χ2n) is 4.77. The zero-order valence-corrected chi connectivity index (χ0v) is 11.1. The SMILES string of the molecule is COC(=O)C1CCCCN1c1ccc(C(F)(F)F)cc1. The number of benzene rings is 1. The maximum absolute atomic E-state index is 12.5. The Kier molecular flexibility index (Phi) is 4.20. The first-order chi connectivity index (χ1) is 9.43. The molecule has 1 fully saturated rings. The highest BCUT2D eigenvalue weighted by Crippen LogP contribution is 2.32. The number of carbonyl (C=O) groups is 1. The highest BCUT2D eigenvalue weighted by Gasteiger charge is 2.32. The molecule has 110 valence electrons. The molecule has 0 radical (unpaired) electrons. The third kappa shape index (κ3) is 3.05. The maximum atomic E-state index is 12.5. The number of hydrogen-bond donors (Lipinski definition) is 0. The van der Waals surface area contributed by atoms with Gasteiger partial charge in [-0.1, -0.05) is 0 Å². The highest BCUT2D eigenvalue weighted by molar-refractivity contribution is 5.80. The van der Waals surface area contributed by atoms with E-state index in [1.807, 2.05) is 4.90 Å². The van der Waals surface area contributed by atoms with Crippen molar-refractivity contribution < 1.29 is 22.7 Å². The fourth-order valence-corrected chi connectivity index (χ4v) is 2.46. The van der Waals surface area contributed by atoms with Crippen LogP contribution in [0.4, 0.5) is 18.9 Å². The molecule has 0 bridgehead atoms. The van der Waals surface area contributed by atoms with Gasteiger partial charge in [0.2, 0.25) is 0 Å². The first-order valence-electron chi connectivity index (χ1n) is 6.45. The van der Waals surface area contributed by atoms with Crippen LogP contribution in [0.3, 0.4) is 0 Å². The molecule has 1 saturated heterocycles. The Labute approximate surface area is 115 Å². The van der Waals surface area contributed by atoms with Crippen molar-refractivity contribution in [1.82, 2.24) is 0 Å². The van der Waals surface area contributed by atoms with Crippen molar-refractivity contribution in [3.05, 3.63) is 29.8 Å². The van der Waals surface area contributed by atoms with Gasteiger partial charge in [-0.2, -0.15) is 13.2 Å². The van der Waals surface area contributed by atoms with Crippen molar-refractivity contribution in [2.75, 3.05) is 18.6 Å². The number of anilines is 1. The molecule has 3 nitrogen and oxygen atoms in total. The number of methoxy groups -OCH3 is 1. The van der Waals surface area contributed by atoms with Crippen molar-refractivity contribution in [1.29, 1.82) is 0 Å². The van der Waals surface area contributed by atoms with Crippen LogP contribution in [0, 0.1) is 0 Å². The van der Waals surface area contributed by atoms with Gasteiger partial charge in [0, 0.05) is 12.2 Å². The average Bonchev–Trinajstić information content (AvgIpc) is 2.45. The number of alkyl halides is 3. The number of halogens is 3. The smallest absolute Gasteiger partial charge is 0.416 e. The van der Waals surface area contributed by atoms with Gasteiger partial charge in [0.25, 0.3) is 0 Å². The van der Waals surface area contributed by atoms with Crippen molar-refractivity contribution in [2.45, 2.75) is 31.5 Å². The molecule has 1 aliphatic heterocycles. The zero-order valence-electron chi connectivity index (χ0n) is 11.1. The lowest BCUT2D eigenvalue weighted by Gasteiger charge is -2.35. The Balaban J connectivity index is 2.22. The fourth-order valence-electron chi connectivity index (χ4n) is 2.46. The second kappa shape index (κ2) is 5.73. The maximum Gasteiger partial charge on any atom is 0.416 e. The highest BCUT2D eigenvalue weighted by atomic mass is 19.4. The Morgan fingerprint density at radius 3 is 2.45 bits per heavy atom. The molecular weight excluding hydrogens is 271 g/mol. The summed E-state index contributed by atoms with van der Waals surface area (Å²) in [6.07, 6.45) is -1.86. The fraction of sp³-hybridized carbons (Fsp3) is 0.500. The van der Waals surface area contributed by atoms with E-state index >= 15 is 0 Å². The number of ether oxygens (including phenoxy) is 1. The van der Waals surface area contributed by atoms with E-state index in [0.29, 0.717) is 18.7 Å². The molecule has 1 unspecified atom stereocenters. The summed E-state index contributed by atoms with van der Waals surface area (Å²) in [6.45, 7) is 0.644. The van der Waals surface area contributed by atoms with Gasteiger partial charge in [-0.05, 0) is 43.5 Å². The van der Waals surface area contributed by atoms with Gasteiger partial charge in [0.05, 0.1) is 12.7 Å². The van der Waals surface area contributed by atoms with Crippen molar-refractivity contribution in [3.63, 3.8) is 0 Å². The van der Waals surface area contributed by atoms with Crippen LogP contribution >= 0.6 is 0 Å². The summed E-state index contributed by atoms with van der Waals surface area (Å²) in [5.41, 5.74) is -0.0685. The summed E-state index contributed by atoms with van der Waals surface area (Å²) in [5.74, 6) is -0.343. The molecule has 1 aromatic carbocycles. The van der Waals surface area contributed by atoms with Gasteiger partial charge in [0.1, 0.15) is 6.04 Å². The van der Waals surface area contributed by atoms with Gasteiger partial charge < -0.3 is 9.64 Å². The molecule has 0 N–H and O–H groups in total. The number of esters is 1. The minimum absolute atomic E-state index is 0.343. The topological polar surface area (TPSA) is 29.5 Å².